The standard InChI is InChI=1S/C8H16N2O2/c9-7(8(11)12)5-10-4-3-6-1-2-6/h6-7,10H,1-5,9H2,(H,11,12). The lowest BCUT2D eigenvalue weighted by Crippen LogP contribution is -2.40. The summed E-state index contributed by atoms with van der Waals surface area (Å²) >= 11 is 0. The van der Waals surface area contributed by atoms with Gasteiger partial charge in [-0.05, 0) is 18.9 Å². The van der Waals surface area contributed by atoms with Crippen LogP contribution in [0.2, 0.25) is 0 Å². The Bertz CT molecular complexity index is 157. The number of aliphatic carboxylic acids is 1. The third-order valence-electron chi connectivity index (χ3n) is 2.11. The van der Waals surface area contributed by atoms with Gasteiger partial charge in [-0.1, -0.05) is 12.8 Å². The molecule has 1 saturated carbocycles. The lowest BCUT2D eigenvalue weighted by Gasteiger charge is -2.07. The zero-order valence-corrected chi connectivity index (χ0v) is 7.12. The van der Waals surface area contributed by atoms with Crippen LogP contribution >= 0.6 is 0 Å². The summed E-state index contributed by atoms with van der Waals surface area (Å²) in [4.78, 5) is 10.3. The molecule has 0 radical (unpaired) electrons. The van der Waals surface area contributed by atoms with Crippen LogP contribution in [0.25, 0.3) is 0 Å². The summed E-state index contributed by atoms with van der Waals surface area (Å²) in [6, 6.07) is -0.760. The lowest BCUT2D eigenvalue weighted by molar-refractivity contribution is -0.138. The highest BCUT2D eigenvalue weighted by Gasteiger charge is 2.20. The zero-order chi connectivity index (χ0) is 8.97. The van der Waals surface area contributed by atoms with Gasteiger partial charge in [0.2, 0.25) is 0 Å². The van der Waals surface area contributed by atoms with Crippen LogP contribution < -0.4 is 11.1 Å². The largest absolute Gasteiger partial charge is 0.480 e. The Kier molecular flexibility index (Phi) is 3.49. The average Bonchev–Trinajstić information content (AvgIpc) is 2.80. The number of nitrogens with one attached hydrogen (secondary N) is 1. The number of hydrogen-bond acceptors (Lipinski definition) is 3. The molecule has 0 spiro atoms. The molecule has 12 heavy (non-hydrogen) atoms. The molecule has 0 aromatic rings. The second-order valence-electron chi connectivity index (χ2n) is 3.38. The number of hydrogen-bond donors (Lipinski definition) is 3. The molecule has 0 saturated heterocycles. The van der Waals surface area contributed by atoms with Crippen molar-refractivity contribution in [3.63, 3.8) is 0 Å². The normalized spacial score (nSPS) is 19.1. The van der Waals surface area contributed by atoms with Gasteiger partial charge in [-0.3, -0.25) is 4.79 Å². The molecule has 4 N–H and O–H groups in total. The maximum atomic E-state index is 10.3. The summed E-state index contributed by atoms with van der Waals surface area (Å²) in [6.07, 6.45) is 3.84. The molecule has 70 valence electrons. The fourth-order valence-electron chi connectivity index (χ4n) is 1.06. The van der Waals surface area contributed by atoms with Crippen LogP contribution in [0.1, 0.15) is 19.3 Å². The highest BCUT2D eigenvalue weighted by Crippen LogP contribution is 2.31. The van der Waals surface area contributed by atoms with Crippen molar-refractivity contribution in [3.05, 3.63) is 0 Å². The Morgan fingerprint density at radius 3 is 2.83 bits per heavy atom. The van der Waals surface area contributed by atoms with Crippen molar-refractivity contribution < 1.29 is 9.90 Å². The summed E-state index contributed by atoms with van der Waals surface area (Å²) in [5.74, 6) is -0.0486. The minimum Gasteiger partial charge on any atom is -0.480 e. The molecule has 1 rings (SSSR count). The molecule has 1 fully saturated rings. The number of rotatable bonds is 6. The minimum atomic E-state index is -0.936. The predicted molar refractivity (Wildman–Crippen MR) is 45.8 cm³/mol. The molecule has 0 bridgehead atoms. The van der Waals surface area contributed by atoms with Gasteiger partial charge in [-0.25, -0.2) is 0 Å². The van der Waals surface area contributed by atoms with Crippen molar-refractivity contribution in [2.24, 2.45) is 11.7 Å². The molecule has 4 heteroatoms. The molecular weight excluding hydrogens is 156 g/mol. The van der Waals surface area contributed by atoms with Crippen LogP contribution in [0.5, 0.6) is 0 Å². The van der Waals surface area contributed by atoms with Crippen molar-refractivity contribution in [2.45, 2.75) is 25.3 Å². The molecule has 1 unspecified atom stereocenters. The van der Waals surface area contributed by atoms with E-state index in [0.29, 0.717) is 6.54 Å². The Balaban J connectivity index is 1.89. The first-order valence-corrected chi connectivity index (χ1v) is 4.39. The third kappa shape index (κ3) is 3.69. The van der Waals surface area contributed by atoms with Crippen molar-refractivity contribution in [2.75, 3.05) is 13.1 Å². The fourth-order valence-corrected chi connectivity index (χ4v) is 1.06. The first kappa shape index (κ1) is 9.48. The monoisotopic (exact) mass is 172 g/mol. The van der Waals surface area contributed by atoms with Crippen LogP contribution in [0.3, 0.4) is 0 Å². The Morgan fingerprint density at radius 2 is 2.33 bits per heavy atom. The first-order chi connectivity index (χ1) is 5.70. The Hall–Kier alpha value is -0.610. The number of carboxylic acids is 1. The van der Waals surface area contributed by atoms with Crippen molar-refractivity contribution in [3.8, 4) is 0 Å². The van der Waals surface area contributed by atoms with Crippen LogP contribution in [-0.4, -0.2) is 30.2 Å². The molecule has 4 nitrogen and oxygen atoms in total. The maximum absolute atomic E-state index is 10.3. The smallest absolute Gasteiger partial charge is 0.321 e. The Morgan fingerprint density at radius 1 is 1.67 bits per heavy atom. The Labute approximate surface area is 72.1 Å². The first-order valence-electron chi connectivity index (χ1n) is 4.39. The van der Waals surface area contributed by atoms with E-state index in [9.17, 15) is 4.79 Å². The van der Waals surface area contributed by atoms with E-state index in [1.54, 1.807) is 0 Å². The fraction of sp³-hybridized carbons (Fsp3) is 0.875. The van der Waals surface area contributed by atoms with E-state index in [1.165, 1.54) is 12.8 Å². The molecule has 0 aromatic heterocycles. The zero-order valence-electron chi connectivity index (χ0n) is 7.12. The summed E-state index contributed by atoms with van der Waals surface area (Å²) in [7, 11) is 0. The van der Waals surface area contributed by atoms with E-state index < -0.39 is 12.0 Å². The van der Waals surface area contributed by atoms with Gasteiger partial charge in [-0.15, -0.1) is 0 Å². The molecule has 0 aromatic carbocycles. The molecule has 0 amide bonds. The van der Waals surface area contributed by atoms with Gasteiger partial charge >= 0.3 is 5.97 Å². The maximum Gasteiger partial charge on any atom is 0.321 e. The summed E-state index contributed by atoms with van der Waals surface area (Å²) < 4.78 is 0. The summed E-state index contributed by atoms with van der Waals surface area (Å²) in [5.41, 5.74) is 5.29. The van der Waals surface area contributed by atoms with Gasteiger partial charge in [0.15, 0.2) is 0 Å². The average molecular weight is 172 g/mol. The lowest BCUT2D eigenvalue weighted by atomic mass is 10.2. The van der Waals surface area contributed by atoms with E-state index in [2.05, 4.69) is 5.32 Å². The van der Waals surface area contributed by atoms with Gasteiger partial charge in [0.25, 0.3) is 0 Å². The van der Waals surface area contributed by atoms with Crippen molar-refractivity contribution >= 4 is 5.97 Å². The number of carboxylic acid groups (broad SMARTS) is 1. The van der Waals surface area contributed by atoms with Crippen molar-refractivity contribution in [1.82, 2.24) is 5.32 Å². The van der Waals surface area contributed by atoms with E-state index in [1.807, 2.05) is 0 Å². The van der Waals surface area contributed by atoms with Crippen LogP contribution in [0.4, 0.5) is 0 Å². The summed E-state index contributed by atoms with van der Waals surface area (Å²) in [5, 5.41) is 11.5. The topological polar surface area (TPSA) is 75.3 Å². The SMILES string of the molecule is NC(CNCCC1CC1)C(=O)O. The van der Waals surface area contributed by atoms with Crippen LogP contribution in [0, 0.1) is 5.92 Å². The molecule has 0 heterocycles. The molecule has 1 atom stereocenters. The third-order valence-corrected chi connectivity index (χ3v) is 2.11. The predicted octanol–water partition coefficient (Wildman–Crippen LogP) is -0.212. The van der Waals surface area contributed by atoms with E-state index in [0.717, 1.165) is 18.9 Å². The number of nitrogens with two attached hydrogens (primary N) is 1. The van der Waals surface area contributed by atoms with E-state index in [4.69, 9.17) is 10.8 Å². The minimum absolute atomic E-state index is 0.377. The molecule has 0 aliphatic heterocycles. The quantitative estimate of drug-likeness (QED) is 0.484. The van der Waals surface area contributed by atoms with Gasteiger partial charge in [-0.2, -0.15) is 0 Å². The van der Waals surface area contributed by atoms with Crippen molar-refractivity contribution in [1.29, 1.82) is 0 Å². The van der Waals surface area contributed by atoms with Crippen LogP contribution in [-0.2, 0) is 4.79 Å². The summed E-state index contributed by atoms with van der Waals surface area (Å²) in [6.45, 7) is 1.27. The number of carbonyl (C=O) groups is 1. The van der Waals surface area contributed by atoms with Gasteiger partial charge < -0.3 is 16.2 Å². The van der Waals surface area contributed by atoms with E-state index in [-0.39, 0.29) is 0 Å². The van der Waals surface area contributed by atoms with Crippen LogP contribution in [0.15, 0.2) is 0 Å². The van der Waals surface area contributed by atoms with Gasteiger partial charge in [0, 0.05) is 6.54 Å². The molecule has 1 aliphatic rings. The van der Waals surface area contributed by atoms with E-state index >= 15 is 0 Å². The van der Waals surface area contributed by atoms with Gasteiger partial charge in [0.05, 0.1) is 0 Å². The second kappa shape index (κ2) is 4.42. The second-order valence-corrected chi connectivity index (χ2v) is 3.38. The highest BCUT2D eigenvalue weighted by molar-refractivity contribution is 5.73. The highest BCUT2D eigenvalue weighted by atomic mass is 16.4. The van der Waals surface area contributed by atoms with Gasteiger partial charge in [0.1, 0.15) is 6.04 Å². The molecular formula is C8H16N2O2. The molecule has 1 aliphatic carbocycles.